The first-order valence-electron chi connectivity index (χ1n) is 7.82. The topological polar surface area (TPSA) is 91.3 Å². The van der Waals surface area contributed by atoms with E-state index in [0.717, 1.165) is 5.56 Å². The lowest BCUT2D eigenvalue weighted by Crippen LogP contribution is -2.59. The van der Waals surface area contributed by atoms with Crippen molar-refractivity contribution < 1.29 is 33.6 Å². The van der Waals surface area contributed by atoms with Crippen LogP contribution in [0, 0.1) is 0 Å². The van der Waals surface area contributed by atoms with Gasteiger partial charge in [-0.2, -0.15) is 0 Å². The van der Waals surface area contributed by atoms with E-state index >= 15 is 0 Å². The monoisotopic (exact) mass is 416 g/mol. The Kier molecular flexibility index (Phi) is 7.37. The number of aliphatic hydroxyl groups excluding tert-OH is 1. The molecule has 2 rings (SSSR count). The summed E-state index contributed by atoms with van der Waals surface area (Å²) < 4.78 is 21.6. The predicted octanol–water partition coefficient (Wildman–Crippen LogP) is 1.55. The molecular formula is C17H21BrO7. The fourth-order valence-corrected chi connectivity index (χ4v) is 3.21. The van der Waals surface area contributed by atoms with Crippen molar-refractivity contribution in [1.82, 2.24) is 0 Å². The molecule has 1 aromatic carbocycles. The molecule has 0 aliphatic carbocycles. The van der Waals surface area contributed by atoms with Crippen LogP contribution in [0.5, 0.6) is 0 Å². The molecule has 1 fully saturated rings. The SMILES string of the molecule is CC(=O)OCC1O[C@@H](Br)C(OCc2ccccc2)C(OC(C)=O)[C@@H]1O. The van der Waals surface area contributed by atoms with Gasteiger partial charge in [-0.3, -0.25) is 9.59 Å². The third-order valence-electron chi connectivity index (χ3n) is 3.64. The van der Waals surface area contributed by atoms with E-state index in [9.17, 15) is 14.7 Å². The summed E-state index contributed by atoms with van der Waals surface area (Å²) in [5.41, 5.74) is 0.931. The number of aliphatic hydroxyl groups is 1. The maximum atomic E-state index is 11.4. The Labute approximate surface area is 154 Å². The van der Waals surface area contributed by atoms with Gasteiger partial charge >= 0.3 is 11.9 Å². The molecular weight excluding hydrogens is 396 g/mol. The molecule has 0 radical (unpaired) electrons. The minimum absolute atomic E-state index is 0.151. The van der Waals surface area contributed by atoms with Crippen molar-refractivity contribution in [2.24, 2.45) is 0 Å². The van der Waals surface area contributed by atoms with E-state index in [-0.39, 0.29) is 13.2 Å². The normalized spacial score (nSPS) is 29.0. The van der Waals surface area contributed by atoms with E-state index in [4.69, 9.17) is 18.9 Å². The van der Waals surface area contributed by atoms with Gasteiger partial charge in [0, 0.05) is 13.8 Å². The van der Waals surface area contributed by atoms with Crippen LogP contribution < -0.4 is 0 Å². The van der Waals surface area contributed by atoms with Gasteiger partial charge in [0.25, 0.3) is 0 Å². The Hall–Kier alpha value is -1.48. The maximum Gasteiger partial charge on any atom is 0.303 e. The number of hydrogen-bond donors (Lipinski definition) is 1. The van der Waals surface area contributed by atoms with Crippen molar-refractivity contribution in [1.29, 1.82) is 0 Å². The number of hydrogen-bond acceptors (Lipinski definition) is 7. The summed E-state index contributed by atoms with van der Waals surface area (Å²) in [6, 6.07) is 9.46. The number of ether oxygens (including phenoxy) is 4. The Balaban J connectivity index is 2.08. The van der Waals surface area contributed by atoms with Crippen LogP contribution in [0.25, 0.3) is 0 Å². The number of esters is 2. The molecule has 0 saturated carbocycles. The van der Waals surface area contributed by atoms with Gasteiger partial charge in [0.05, 0.1) is 6.61 Å². The zero-order valence-corrected chi connectivity index (χ0v) is 15.5. The lowest BCUT2D eigenvalue weighted by Gasteiger charge is -2.41. The van der Waals surface area contributed by atoms with Crippen LogP contribution >= 0.6 is 15.9 Å². The van der Waals surface area contributed by atoms with Crippen molar-refractivity contribution in [3.05, 3.63) is 35.9 Å². The molecule has 0 aromatic heterocycles. The van der Waals surface area contributed by atoms with Crippen LogP contribution in [0.2, 0.25) is 0 Å². The largest absolute Gasteiger partial charge is 0.463 e. The molecule has 8 heteroatoms. The Morgan fingerprint density at radius 3 is 2.44 bits per heavy atom. The van der Waals surface area contributed by atoms with Crippen LogP contribution in [-0.4, -0.2) is 53.1 Å². The van der Waals surface area contributed by atoms with E-state index in [2.05, 4.69) is 15.9 Å². The molecule has 1 aliphatic rings. The first-order valence-corrected chi connectivity index (χ1v) is 8.73. The molecule has 1 aliphatic heterocycles. The van der Waals surface area contributed by atoms with Crippen molar-refractivity contribution >= 4 is 27.9 Å². The van der Waals surface area contributed by atoms with Gasteiger partial charge in [-0.05, 0) is 5.56 Å². The molecule has 7 nitrogen and oxygen atoms in total. The Morgan fingerprint density at radius 2 is 1.84 bits per heavy atom. The minimum Gasteiger partial charge on any atom is -0.463 e. The summed E-state index contributed by atoms with van der Waals surface area (Å²) >= 11 is 3.34. The van der Waals surface area contributed by atoms with Gasteiger partial charge in [0.15, 0.2) is 6.10 Å². The molecule has 0 spiro atoms. The lowest BCUT2D eigenvalue weighted by molar-refractivity contribution is -0.232. The van der Waals surface area contributed by atoms with Crippen molar-refractivity contribution in [2.75, 3.05) is 6.61 Å². The van der Waals surface area contributed by atoms with Crippen molar-refractivity contribution in [2.45, 2.75) is 49.9 Å². The molecule has 1 saturated heterocycles. The van der Waals surface area contributed by atoms with Gasteiger partial charge in [-0.25, -0.2) is 0 Å². The average molecular weight is 417 g/mol. The van der Waals surface area contributed by atoms with E-state index in [1.165, 1.54) is 13.8 Å². The summed E-state index contributed by atoms with van der Waals surface area (Å²) in [5, 5.41) is 9.83. The van der Waals surface area contributed by atoms with Crippen molar-refractivity contribution in [3.8, 4) is 0 Å². The molecule has 25 heavy (non-hydrogen) atoms. The van der Waals surface area contributed by atoms with E-state index < -0.39 is 41.4 Å². The van der Waals surface area contributed by atoms with Gasteiger partial charge in [-0.1, -0.05) is 46.3 Å². The Bertz CT molecular complexity index is 580. The fraction of sp³-hybridized carbons (Fsp3) is 0.529. The highest BCUT2D eigenvalue weighted by atomic mass is 79.9. The number of rotatable bonds is 6. The third-order valence-corrected chi connectivity index (χ3v) is 4.38. The highest BCUT2D eigenvalue weighted by Crippen LogP contribution is 2.30. The van der Waals surface area contributed by atoms with Crippen LogP contribution in [-0.2, 0) is 35.1 Å². The number of carbonyl (C=O) groups is 2. The first-order chi connectivity index (χ1) is 11.9. The van der Waals surface area contributed by atoms with Crippen LogP contribution in [0.3, 0.4) is 0 Å². The summed E-state index contributed by atoms with van der Waals surface area (Å²) in [4.78, 5) is 22.4. The summed E-state index contributed by atoms with van der Waals surface area (Å²) in [7, 11) is 0. The van der Waals surface area contributed by atoms with E-state index in [1.54, 1.807) is 0 Å². The third kappa shape index (κ3) is 5.78. The van der Waals surface area contributed by atoms with Gasteiger partial charge in [0.1, 0.15) is 29.9 Å². The molecule has 1 heterocycles. The van der Waals surface area contributed by atoms with E-state index in [1.807, 2.05) is 30.3 Å². The second-order valence-corrected chi connectivity index (χ2v) is 6.56. The van der Waals surface area contributed by atoms with Crippen molar-refractivity contribution in [3.63, 3.8) is 0 Å². The summed E-state index contributed by atoms with van der Waals surface area (Å²) in [6.45, 7) is 2.62. The van der Waals surface area contributed by atoms with Crippen LogP contribution in [0.15, 0.2) is 30.3 Å². The smallest absolute Gasteiger partial charge is 0.303 e. The maximum absolute atomic E-state index is 11.4. The Morgan fingerprint density at radius 1 is 1.16 bits per heavy atom. The minimum atomic E-state index is -1.20. The van der Waals surface area contributed by atoms with Gasteiger partial charge in [-0.15, -0.1) is 0 Å². The first kappa shape index (κ1) is 19.8. The van der Waals surface area contributed by atoms with E-state index in [0.29, 0.717) is 0 Å². The summed E-state index contributed by atoms with van der Waals surface area (Å²) in [5.74, 6) is -1.04. The molecule has 3 unspecified atom stereocenters. The zero-order chi connectivity index (χ0) is 18.4. The number of alkyl halides is 1. The molecule has 5 atom stereocenters. The fourth-order valence-electron chi connectivity index (χ4n) is 2.48. The van der Waals surface area contributed by atoms with Crippen LogP contribution in [0.1, 0.15) is 19.4 Å². The predicted molar refractivity (Wildman–Crippen MR) is 90.8 cm³/mol. The second-order valence-electron chi connectivity index (χ2n) is 5.65. The number of benzene rings is 1. The van der Waals surface area contributed by atoms with Gasteiger partial charge < -0.3 is 24.1 Å². The standard InChI is InChI=1S/C17H21BrO7/c1-10(19)22-9-13-14(21)15(24-11(2)20)16(17(18)25-13)23-8-12-6-4-3-5-7-12/h3-7,13-17,21H,8-9H2,1-2H3/t13?,14-,15?,16?,17-/m1/s1. The summed E-state index contributed by atoms with van der Waals surface area (Å²) in [6.07, 6.45) is -3.72. The number of carbonyl (C=O) groups excluding carboxylic acids is 2. The molecule has 138 valence electrons. The zero-order valence-electron chi connectivity index (χ0n) is 14.0. The van der Waals surface area contributed by atoms with Gasteiger partial charge in [0.2, 0.25) is 0 Å². The van der Waals surface area contributed by atoms with Crippen LogP contribution in [0.4, 0.5) is 0 Å². The highest BCUT2D eigenvalue weighted by molar-refractivity contribution is 9.09. The second kappa shape index (κ2) is 9.28. The molecule has 1 N–H and O–H groups in total. The lowest BCUT2D eigenvalue weighted by atomic mass is 10.00. The quantitative estimate of drug-likeness (QED) is 0.555. The molecule has 1 aromatic rings. The molecule has 0 amide bonds. The number of halogens is 1. The highest BCUT2D eigenvalue weighted by Gasteiger charge is 2.47. The molecule has 0 bridgehead atoms. The average Bonchev–Trinajstić information content (AvgIpc) is 2.56.